The van der Waals surface area contributed by atoms with Gasteiger partial charge in [0.1, 0.15) is 6.54 Å². The van der Waals surface area contributed by atoms with Gasteiger partial charge in [-0.1, -0.05) is 42.5 Å². The van der Waals surface area contributed by atoms with Gasteiger partial charge in [-0.25, -0.2) is 9.78 Å². The number of aromatic nitrogens is 1. The van der Waals surface area contributed by atoms with Gasteiger partial charge in [-0.15, -0.1) is 11.3 Å². The molecule has 6 nitrogen and oxygen atoms in total. The third-order valence-corrected chi connectivity index (χ3v) is 4.66. The van der Waals surface area contributed by atoms with E-state index in [9.17, 15) is 9.59 Å². The van der Waals surface area contributed by atoms with E-state index < -0.39 is 0 Å². The lowest BCUT2D eigenvalue weighted by Crippen LogP contribution is -2.41. The SMILES string of the molecule is O=C(CN1CC(=O)Oc2ccccc21)Nc1nc(-c2ccccc2)cs1. The third kappa shape index (κ3) is 3.43. The number of thiazole rings is 1. The maximum absolute atomic E-state index is 12.4. The zero-order chi connectivity index (χ0) is 17.9. The van der Waals surface area contributed by atoms with Crippen molar-refractivity contribution in [3.63, 3.8) is 0 Å². The van der Waals surface area contributed by atoms with Gasteiger partial charge in [-0.3, -0.25) is 4.79 Å². The molecule has 0 saturated carbocycles. The van der Waals surface area contributed by atoms with E-state index in [2.05, 4.69) is 10.3 Å². The summed E-state index contributed by atoms with van der Waals surface area (Å²) >= 11 is 1.37. The normalized spacial score (nSPS) is 13.1. The van der Waals surface area contributed by atoms with Gasteiger partial charge in [0.2, 0.25) is 5.91 Å². The molecule has 0 aliphatic carbocycles. The van der Waals surface area contributed by atoms with Crippen molar-refractivity contribution in [3.05, 3.63) is 60.0 Å². The summed E-state index contributed by atoms with van der Waals surface area (Å²) in [4.78, 5) is 30.3. The second kappa shape index (κ2) is 6.97. The Balaban J connectivity index is 1.45. The number of ether oxygens (including phenoxy) is 1. The molecule has 1 amide bonds. The number of amides is 1. The molecule has 0 unspecified atom stereocenters. The van der Waals surface area contributed by atoms with Crippen LogP contribution in [0.1, 0.15) is 0 Å². The Bertz CT molecular complexity index is 955. The van der Waals surface area contributed by atoms with Crippen molar-refractivity contribution < 1.29 is 14.3 Å². The van der Waals surface area contributed by atoms with Crippen LogP contribution < -0.4 is 15.0 Å². The van der Waals surface area contributed by atoms with Crippen LogP contribution in [-0.2, 0) is 9.59 Å². The Labute approximate surface area is 154 Å². The maximum Gasteiger partial charge on any atom is 0.331 e. The highest BCUT2D eigenvalue weighted by Crippen LogP contribution is 2.31. The standard InChI is InChI=1S/C19H15N3O3S/c23-17(10-22-11-18(24)25-16-9-5-4-8-15(16)22)21-19-20-14(12-26-19)13-6-2-1-3-7-13/h1-9,12H,10-11H2,(H,20,21,23). The molecule has 130 valence electrons. The molecule has 0 radical (unpaired) electrons. The van der Waals surface area contributed by atoms with E-state index >= 15 is 0 Å². The summed E-state index contributed by atoms with van der Waals surface area (Å²) in [7, 11) is 0. The molecule has 1 N–H and O–H groups in total. The van der Waals surface area contributed by atoms with Crippen LogP contribution in [0.2, 0.25) is 0 Å². The Hall–Kier alpha value is -3.19. The highest BCUT2D eigenvalue weighted by Gasteiger charge is 2.25. The molecule has 0 fully saturated rings. The Morgan fingerprint density at radius 2 is 1.92 bits per heavy atom. The van der Waals surface area contributed by atoms with Crippen LogP contribution >= 0.6 is 11.3 Å². The summed E-state index contributed by atoms with van der Waals surface area (Å²) in [6, 6.07) is 16.9. The molecule has 0 atom stereocenters. The number of carbonyl (C=O) groups excluding carboxylic acids is 2. The number of nitrogens with zero attached hydrogens (tertiary/aromatic N) is 2. The van der Waals surface area contributed by atoms with Gasteiger partial charge in [-0.2, -0.15) is 0 Å². The lowest BCUT2D eigenvalue weighted by atomic mass is 10.2. The van der Waals surface area contributed by atoms with Crippen molar-refractivity contribution >= 4 is 34.0 Å². The molecule has 1 aromatic heterocycles. The third-order valence-electron chi connectivity index (χ3n) is 3.90. The minimum Gasteiger partial charge on any atom is -0.423 e. The van der Waals surface area contributed by atoms with Crippen LogP contribution in [0, 0.1) is 0 Å². The quantitative estimate of drug-likeness (QED) is 0.568. The first-order valence-electron chi connectivity index (χ1n) is 8.04. The number of esters is 1. The summed E-state index contributed by atoms with van der Waals surface area (Å²) in [6.45, 7) is 0.0872. The molecular weight excluding hydrogens is 350 g/mol. The molecule has 0 saturated heterocycles. The van der Waals surface area contributed by atoms with Crippen LogP contribution in [0.25, 0.3) is 11.3 Å². The van der Waals surface area contributed by atoms with E-state index in [0.29, 0.717) is 10.9 Å². The average molecular weight is 365 g/mol. The van der Waals surface area contributed by atoms with E-state index in [0.717, 1.165) is 16.9 Å². The predicted molar refractivity (Wildman–Crippen MR) is 100 cm³/mol. The number of para-hydroxylation sites is 2. The molecule has 4 rings (SSSR count). The largest absolute Gasteiger partial charge is 0.423 e. The fourth-order valence-corrected chi connectivity index (χ4v) is 3.48. The van der Waals surface area contributed by atoms with Crippen molar-refractivity contribution in [2.75, 3.05) is 23.3 Å². The highest BCUT2D eigenvalue weighted by atomic mass is 32.1. The van der Waals surface area contributed by atoms with Gasteiger partial charge in [0.15, 0.2) is 10.9 Å². The molecule has 0 bridgehead atoms. The fraction of sp³-hybridized carbons (Fsp3) is 0.105. The number of hydrogen-bond donors (Lipinski definition) is 1. The van der Waals surface area contributed by atoms with E-state index in [1.807, 2.05) is 47.8 Å². The van der Waals surface area contributed by atoms with Gasteiger partial charge in [0.05, 0.1) is 17.9 Å². The van der Waals surface area contributed by atoms with Gasteiger partial charge in [-0.05, 0) is 12.1 Å². The first kappa shape index (κ1) is 16.3. The molecular formula is C19H15N3O3S. The van der Waals surface area contributed by atoms with Crippen LogP contribution in [-0.4, -0.2) is 29.9 Å². The number of hydrogen-bond acceptors (Lipinski definition) is 6. The zero-order valence-corrected chi connectivity index (χ0v) is 14.5. The Morgan fingerprint density at radius 1 is 1.15 bits per heavy atom. The van der Waals surface area contributed by atoms with E-state index in [-0.39, 0.29) is 25.0 Å². The Morgan fingerprint density at radius 3 is 2.77 bits per heavy atom. The van der Waals surface area contributed by atoms with Crippen molar-refractivity contribution in [2.24, 2.45) is 0 Å². The van der Waals surface area contributed by atoms with Gasteiger partial charge < -0.3 is 15.0 Å². The summed E-state index contributed by atoms with van der Waals surface area (Å²) in [5, 5.41) is 5.23. The van der Waals surface area contributed by atoms with E-state index in [1.54, 1.807) is 17.0 Å². The van der Waals surface area contributed by atoms with Gasteiger partial charge >= 0.3 is 5.97 Å². The van der Waals surface area contributed by atoms with Crippen LogP contribution in [0.4, 0.5) is 10.8 Å². The number of benzene rings is 2. The van der Waals surface area contributed by atoms with E-state index in [1.165, 1.54) is 11.3 Å². The zero-order valence-electron chi connectivity index (χ0n) is 13.7. The second-order valence-electron chi connectivity index (χ2n) is 5.75. The van der Waals surface area contributed by atoms with Gasteiger partial charge in [0, 0.05) is 10.9 Å². The second-order valence-corrected chi connectivity index (χ2v) is 6.61. The fourth-order valence-electron chi connectivity index (χ4n) is 2.75. The summed E-state index contributed by atoms with van der Waals surface area (Å²) in [5.74, 6) is -0.141. The number of carbonyl (C=O) groups is 2. The molecule has 26 heavy (non-hydrogen) atoms. The molecule has 2 heterocycles. The number of rotatable bonds is 4. The lowest BCUT2D eigenvalue weighted by Gasteiger charge is -2.28. The summed E-state index contributed by atoms with van der Waals surface area (Å²) < 4.78 is 5.19. The van der Waals surface area contributed by atoms with Crippen molar-refractivity contribution in [1.29, 1.82) is 0 Å². The number of fused-ring (bicyclic) bond motifs is 1. The molecule has 0 spiro atoms. The first-order chi connectivity index (χ1) is 12.7. The van der Waals surface area contributed by atoms with Gasteiger partial charge in [0.25, 0.3) is 0 Å². The molecule has 1 aliphatic rings. The first-order valence-corrected chi connectivity index (χ1v) is 8.92. The van der Waals surface area contributed by atoms with E-state index in [4.69, 9.17) is 4.74 Å². The number of nitrogens with one attached hydrogen (secondary N) is 1. The summed E-state index contributed by atoms with van der Waals surface area (Å²) in [6.07, 6.45) is 0. The average Bonchev–Trinajstić information content (AvgIpc) is 3.10. The number of anilines is 2. The lowest BCUT2D eigenvalue weighted by molar-refractivity contribution is -0.133. The molecule has 1 aliphatic heterocycles. The minimum absolute atomic E-state index is 0.0393. The summed E-state index contributed by atoms with van der Waals surface area (Å²) in [5.41, 5.74) is 2.54. The van der Waals surface area contributed by atoms with Crippen LogP contribution in [0.5, 0.6) is 5.75 Å². The Kier molecular flexibility index (Phi) is 4.37. The van der Waals surface area contributed by atoms with Crippen molar-refractivity contribution in [2.45, 2.75) is 0 Å². The smallest absolute Gasteiger partial charge is 0.331 e. The molecule has 7 heteroatoms. The highest BCUT2D eigenvalue weighted by molar-refractivity contribution is 7.14. The topological polar surface area (TPSA) is 71.5 Å². The predicted octanol–water partition coefficient (Wildman–Crippen LogP) is 3.17. The monoisotopic (exact) mass is 365 g/mol. The van der Waals surface area contributed by atoms with Crippen molar-refractivity contribution in [3.8, 4) is 17.0 Å². The van der Waals surface area contributed by atoms with Crippen LogP contribution in [0.3, 0.4) is 0 Å². The molecule has 3 aromatic rings. The van der Waals surface area contributed by atoms with Crippen LogP contribution in [0.15, 0.2) is 60.0 Å². The van der Waals surface area contributed by atoms with Crippen molar-refractivity contribution in [1.82, 2.24) is 4.98 Å². The minimum atomic E-state index is -0.378. The molecule has 2 aromatic carbocycles. The maximum atomic E-state index is 12.4.